The summed E-state index contributed by atoms with van der Waals surface area (Å²) in [5.74, 6) is 2.57. The number of methoxy groups -OCH3 is 3. The molecule has 0 aliphatic heterocycles. The number of benzene rings is 1. The number of nitrogens with zero attached hydrogens (tertiary/aromatic N) is 2. The smallest absolute Gasteiger partial charge is 0.203 e. The van der Waals surface area contributed by atoms with Gasteiger partial charge in [-0.15, -0.1) is 0 Å². The summed E-state index contributed by atoms with van der Waals surface area (Å²) >= 11 is 0. The summed E-state index contributed by atoms with van der Waals surface area (Å²) in [6, 6.07) is 3.73. The fourth-order valence-corrected chi connectivity index (χ4v) is 1.81. The Balaban J connectivity index is 2.51. The molecule has 0 spiro atoms. The topological polar surface area (TPSA) is 57.5 Å². The summed E-state index contributed by atoms with van der Waals surface area (Å²) in [7, 11) is 6.58. The number of aromatic nitrogens is 2. The lowest BCUT2D eigenvalue weighted by atomic mass is 10.2. The van der Waals surface area contributed by atoms with Crippen molar-refractivity contribution in [1.82, 2.24) is 9.55 Å². The molecule has 0 fully saturated rings. The average Bonchev–Trinajstić information content (AvgIpc) is 2.94. The molecule has 0 bridgehead atoms. The van der Waals surface area contributed by atoms with E-state index in [1.165, 1.54) is 0 Å². The zero-order valence-corrected chi connectivity index (χ0v) is 11.4. The van der Waals surface area contributed by atoms with E-state index in [0.717, 1.165) is 11.5 Å². The van der Waals surface area contributed by atoms with Gasteiger partial charge in [0.05, 0.1) is 33.2 Å². The van der Waals surface area contributed by atoms with Gasteiger partial charge in [-0.3, -0.25) is 0 Å². The molecule has 0 aliphatic carbocycles. The Kier molecular flexibility index (Phi) is 3.79. The lowest BCUT2D eigenvalue weighted by molar-refractivity contribution is 0.324. The van der Waals surface area contributed by atoms with E-state index in [4.69, 9.17) is 14.2 Å². The van der Waals surface area contributed by atoms with E-state index >= 15 is 0 Å². The summed E-state index contributed by atoms with van der Waals surface area (Å²) in [4.78, 5) is 4.20. The van der Waals surface area contributed by atoms with Gasteiger partial charge in [0.15, 0.2) is 11.5 Å². The Hall–Kier alpha value is -2.37. The van der Waals surface area contributed by atoms with Gasteiger partial charge in [-0.1, -0.05) is 0 Å². The quantitative estimate of drug-likeness (QED) is 0.893. The molecule has 1 heterocycles. The maximum absolute atomic E-state index is 5.32. The van der Waals surface area contributed by atoms with E-state index in [1.807, 2.05) is 29.9 Å². The monoisotopic (exact) mass is 263 g/mol. The van der Waals surface area contributed by atoms with E-state index in [0.29, 0.717) is 17.2 Å². The van der Waals surface area contributed by atoms with Crippen molar-refractivity contribution in [3.8, 4) is 22.9 Å². The van der Waals surface area contributed by atoms with Gasteiger partial charge in [0.2, 0.25) is 5.75 Å². The van der Waals surface area contributed by atoms with Crippen LogP contribution in [0.4, 0.5) is 5.82 Å². The van der Waals surface area contributed by atoms with Crippen LogP contribution in [0.15, 0.2) is 24.7 Å². The molecule has 0 aliphatic rings. The first-order chi connectivity index (χ1) is 9.23. The van der Waals surface area contributed by atoms with E-state index in [1.54, 1.807) is 27.7 Å². The zero-order chi connectivity index (χ0) is 13.8. The average molecular weight is 263 g/mol. The third-order valence-corrected chi connectivity index (χ3v) is 2.79. The largest absolute Gasteiger partial charge is 0.493 e. The minimum absolute atomic E-state index is 0.572. The molecule has 0 saturated heterocycles. The maximum Gasteiger partial charge on any atom is 0.203 e. The van der Waals surface area contributed by atoms with E-state index in [9.17, 15) is 0 Å². The highest BCUT2D eigenvalue weighted by Gasteiger charge is 2.14. The van der Waals surface area contributed by atoms with E-state index < -0.39 is 0 Å². The number of rotatable bonds is 5. The van der Waals surface area contributed by atoms with Crippen LogP contribution in [-0.4, -0.2) is 37.9 Å². The Bertz CT molecular complexity index is 541. The Morgan fingerprint density at radius 1 is 1.05 bits per heavy atom. The van der Waals surface area contributed by atoms with Crippen molar-refractivity contribution < 1.29 is 14.2 Å². The molecule has 0 amide bonds. The fourth-order valence-electron chi connectivity index (χ4n) is 1.81. The van der Waals surface area contributed by atoms with Gasteiger partial charge in [0.25, 0.3) is 0 Å². The van der Waals surface area contributed by atoms with Crippen LogP contribution in [0.2, 0.25) is 0 Å². The Morgan fingerprint density at radius 3 is 2.11 bits per heavy atom. The van der Waals surface area contributed by atoms with Crippen molar-refractivity contribution >= 4 is 5.82 Å². The van der Waals surface area contributed by atoms with E-state index in [2.05, 4.69) is 10.3 Å². The van der Waals surface area contributed by atoms with Gasteiger partial charge in [0, 0.05) is 19.2 Å². The molecule has 6 nitrogen and oxygen atoms in total. The maximum atomic E-state index is 5.32. The molecular formula is C13H17N3O3. The van der Waals surface area contributed by atoms with Crippen LogP contribution < -0.4 is 19.5 Å². The van der Waals surface area contributed by atoms with Crippen LogP contribution in [0.1, 0.15) is 0 Å². The second kappa shape index (κ2) is 5.51. The summed E-state index contributed by atoms with van der Waals surface area (Å²) in [6.07, 6.45) is 3.59. The number of hydrogen-bond acceptors (Lipinski definition) is 5. The van der Waals surface area contributed by atoms with Crippen molar-refractivity contribution in [3.63, 3.8) is 0 Å². The first-order valence-electron chi connectivity index (χ1n) is 5.75. The van der Waals surface area contributed by atoms with Crippen LogP contribution in [0.5, 0.6) is 17.2 Å². The molecule has 0 atom stereocenters. The molecule has 1 aromatic carbocycles. The molecule has 0 unspecified atom stereocenters. The minimum atomic E-state index is 0.572. The van der Waals surface area contributed by atoms with Gasteiger partial charge >= 0.3 is 0 Å². The van der Waals surface area contributed by atoms with Crippen molar-refractivity contribution in [1.29, 1.82) is 0 Å². The molecule has 6 heteroatoms. The second-order valence-electron chi connectivity index (χ2n) is 3.80. The molecular weight excluding hydrogens is 246 g/mol. The highest BCUT2D eigenvalue weighted by atomic mass is 16.5. The second-order valence-corrected chi connectivity index (χ2v) is 3.80. The molecule has 2 rings (SSSR count). The van der Waals surface area contributed by atoms with Gasteiger partial charge < -0.3 is 24.1 Å². The SMILES string of the molecule is CNc1cn(-c2cc(OC)c(OC)c(OC)c2)cn1. The van der Waals surface area contributed by atoms with E-state index in [-0.39, 0.29) is 0 Å². The molecule has 1 aromatic heterocycles. The first-order valence-corrected chi connectivity index (χ1v) is 5.75. The predicted molar refractivity (Wildman–Crippen MR) is 72.8 cm³/mol. The molecule has 19 heavy (non-hydrogen) atoms. The van der Waals surface area contributed by atoms with Gasteiger partial charge in [-0.25, -0.2) is 4.98 Å². The lowest BCUT2D eigenvalue weighted by Gasteiger charge is -2.14. The third kappa shape index (κ3) is 2.42. The summed E-state index contributed by atoms with van der Waals surface area (Å²) in [6.45, 7) is 0. The van der Waals surface area contributed by atoms with Crippen LogP contribution >= 0.6 is 0 Å². The Morgan fingerprint density at radius 2 is 1.68 bits per heavy atom. The fraction of sp³-hybridized carbons (Fsp3) is 0.308. The van der Waals surface area contributed by atoms with Crippen molar-refractivity contribution in [3.05, 3.63) is 24.7 Å². The van der Waals surface area contributed by atoms with Crippen LogP contribution in [0.25, 0.3) is 5.69 Å². The summed E-state index contributed by atoms with van der Waals surface area (Å²) in [5, 5.41) is 2.98. The number of ether oxygens (including phenoxy) is 3. The molecule has 1 N–H and O–H groups in total. The summed E-state index contributed by atoms with van der Waals surface area (Å²) in [5.41, 5.74) is 0.878. The third-order valence-electron chi connectivity index (χ3n) is 2.79. The van der Waals surface area contributed by atoms with Crippen LogP contribution in [0.3, 0.4) is 0 Å². The van der Waals surface area contributed by atoms with Crippen LogP contribution in [0, 0.1) is 0 Å². The van der Waals surface area contributed by atoms with Crippen molar-refractivity contribution in [2.45, 2.75) is 0 Å². The lowest BCUT2D eigenvalue weighted by Crippen LogP contribution is -1.98. The standard InChI is InChI=1S/C13H17N3O3/c1-14-12-7-16(8-15-12)9-5-10(17-2)13(19-4)11(6-9)18-3/h5-8,14H,1-4H3. The minimum Gasteiger partial charge on any atom is -0.493 e. The Labute approximate surface area is 111 Å². The number of anilines is 1. The van der Waals surface area contributed by atoms with Crippen molar-refractivity contribution in [2.75, 3.05) is 33.7 Å². The highest BCUT2D eigenvalue weighted by molar-refractivity contribution is 5.58. The molecule has 102 valence electrons. The van der Waals surface area contributed by atoms with Crippen LogP contribution in [-0.2, 0) is 0 Å². The highest BCUT2D eigenvalue weighted by Crippen LogP contribution is 2.39. The predicted octanol–water partition coefficient (Wildman–Crippen LogP) is 1.94. The summed E-state index contributed by atoms with van der Waals surface area (Å²) < 4.78 is 17.8. The van der Waals surface area contributed by atoms with Gasteiger partial charge in [-0.05, 0) is 0 Å². The first kappa shape index (κ1) is 13.1. The molecule has 2 aromatic rings. The molecule has 0 radical (unpaired) electrons. The molecule has 0 saturated carbocycles. The van der Waals surface area contributed by atoms with Gasteiger partial charge in [-0.2, -0.15) is 0 Å². The van der Waals surface area contributed by atoms with Crippen molar-refractivity contribution in [2.24, 2.45) is 0 Å². The zero-order valence-electron chi connectivity index (χ0n) is 11.4. The van der Waals surface area contributed by atoms with Gasteiger partial charge in [0.1, 0.15) is 12.1 Å². The number of hydrogen-bond donors (Lipinski definition) is 1. The number of nitrogens with one attached hydrogen (secondary N) is 1. The number of imidazole rings is 1. The normalized spacial score (nSPS) is 10.1.